The van der Waals surface area contributed by atoms with Crippen LogP contribution in [0.3, 0.4) is 0 Å². The molecule has 5 nitrogen and oxygen atoms in total. The van der Waals surface area contributed by atoms with Gasteiger partial charge in [0.25, 0.3) is 0 Å². The number of hydrogen-bond acceptors (Lipinski definition) is 4. The van der Waals surface area contributed by atoms with E-state index in [2.05, 4.69) is 20.9 Å². The van der Waals surface area contributed by atoms with Crippen molar-refractivity contribution in [2.45, 2.75) is 32.8 Å². The van der Waals surface area contributed by atoms with E-state index in [1.165, 1.54) is 0 Å². The van der Waals surface area contributed by atoms with Crippen LogP contribution in [0.4, 0.5) is 10.5 Å². The largest absolute Gasteiger partial charge is 0.444 e. The summed E-state index contributed by atoms with van der Waals surface area (Å²) in [6.45, 7) is 6.72. The van der Waals surface area contributed by atoms with Crippen LogP contribution in [0.2, 0.25) is 0 Å². The first-order valence-electron chi connectivity index (χ1n) is 6.84. The minimum atomic E-state index is -0.473. The Labute approximate surface area is 133 Å². The monoisotopic (exact) mass is 353 g/mol. The Morgan fingerprint density at radius 2 is 2.19 bits per heavy atom. The first kappa shape index (κ1) is 15.8. The van der Waals surface area contributed by atoms with E-state index in [-0.39, 0.29) is 6.09 Å². The van der Waals surface area contributed by atoms with Gasteiger partial charge in [-0.2, -0.15) is 0 Å². The summed E-state index contributed by atoms with van der Waals surface area (Å²) >= 11 is 3.35. The third-order valence-electron chi connectivity index (χ3n) is 3.05. The predicted octanol–water partition coefficient (Wildman–Crippen LogP) is 3.45. The molecule has 21 heavy (non-hydrogen) atoms. The average molecular weight is 354 g/mol. The summed E-state index contributed by atoms with van der Waals surface area (Å²) in [4.78, 5) is 18.0. The Kier molecular flexibility index (Phi) is 4.56. The van der Waals surface area contributed by atoms with Crippen LogP contribution in [0.1, 0.15) is 32.9 Å². The number of nitrogens with zero attached hydrogens (tertiary/aromatic N) is 2. The number of hydrogen-bond donors (Lipinski definition) is 1. The van der Waals surface area contributed by atoms with Crippen LogP contribution >= 0.6 is 15.9 Å². The highest BCUT2D eigenvalue weighted by molar-refractivity contribution is 9.10. The molecule has 1 aliphatic heterocycles. The number of halogens is 1. The number of carbonyl (C=O) groups excluding carboxylic acids is 1. The molecule has 0 radical (unpaired) electrons. The summed E-state index contributed by atoms with van der Waals surface area (Å²) in [6.07, 6.45) is 4.15. The van der Waals surface area contributed by atoms with E-state index in [9.17, 15) is 4.79 Å². The van der Waals surface area contributed by atoms with E-state index < -0.39 is 5.60 Å². The normalized spacial score (nSPS) is 15.6. The second-order valence-electron chi connectivity index (χ2n) is 6.00. The van der Waals surface area contributed by atoms with E-state index >= 15 is 0 Å². The minimum Gasteiger partial charge on any atom is -0.444 e. The Morgan fingerprint density at radius 1 is 1.48 bits per heavy atom. The molecule has 2 rings (SSSR count). The number of nitrogens with two attached hydrogens (primary N) is 1. The highest BCUT2D eigenvalue weighted by atomic mass is 79.9. The van der Waals surface area contributed by atoms with Gasteiger partial charge in [0.1, 0.15) is 5.60 Å². The van der Waals surface area contributed by atoms with E-state index in [1.807, 2.05) is 32.9 Å². The Morgan fingerprint density at radius 3 is 2.71 bits per heavy atom. The fourth-order valence-electron chi connectivity index (χ4n) is 2.10. The lowest BCUT2D eigenvalue weighted by Crippen LogP contribution is -2.39. The fourth-order valence-corrected chi connectivity index (χ4v) is 2.45. The van der Waals surface area contributed by atoms with Crippen molar-refractivity contribution in [3.05, 3.63) is 28.5 Å². The van der Waals surface area contributed by atoms with Gasteiger partial charge >= 0.3 is 6.09 Å². The minimum absolute atomic E-state index is 0.283. The molecule has 0 aromatic carbocycles. The van der Waals surface area contributed by atoms with Crippen molar-refractivity contribution in [1.82, 2.24) is 9.88 Å². The molecule has 1 amide bonds. The van der Waals surface area contributed by atoms with Crippen LogP contribution in [0, 0.1) is 0 Å². The van der Waals surface area contributed by atoms with Gasteiger partial charge in [-0.1, -0.05) is 6.08 Å². The molecule has 0 spiro atoms. The molecule has 0 atom stereocenters. The van der Waals surface area contributed by atoms with Crippen LogP contribution in [-0.2, 0) is 4.74 Å². The average Bonchev–Trinajstić information content (AvgIpc) is 2.37. The zero-order chi connectivity index (χ0) is 15.6. The standard InChI is InChI=1S/C15H20BrN3O2/c1-15(2,3)21-14(20)19-6-4-10(5-7-19)13-12(17)8-11(16)9-18-13/h4,8-9H,5-7,17H2,1-3H3. The first-order chi connectivity index (χ1) is 9.76. The maximum absolute atomic E-state index is 12.0. The van der Waals surface area contributed by atoms with Crippen molar-refractivity contribution in [2.75, 3.05) is 18.8 Å². The Hall–Kier alpha value is -1.56. The quantitative estimate of drug-likeness (QED) is 0.839. The van der Waals surface area contributed by atoms with Crippen molar-refractivity contribution in [3.63, 3.8) is 0 Å². The van der Waals surface area contributed by atoms with Gasteiger partial charge < -0.3 is 15.4 Å². The summed E-state index contributed by atoms with van der Waals surface area (Å²) in [7, 11) is 0. The zero-order valence-electron chi connectivity index (χ0n) is 12.5. The lowest BCUT2D eigenvalue weighted by molar-refractivity contribution is 0.0270. The summed E-state index contributed by atoms with van der Waals surface area (Å²) in [5.41, 5.74) is 8.02. The molecule has 0 saturated carbocycles. The zero-order valence-corrected chi connectivity index (χ0v) is 14.1. The van der Waals surface area contributed by atoms with Gasteiger partial charge in [-0.25, -0.2) is 4.79 Å². The summed E-state index contributed by atoms with van der Waals surface area (Å²) in [5.74, 6) is 0. The number of aromatic nitrogens is 1. The number of amides is 1. The van der Waals surface area contributed by atoms with E-state index in [0.29, 0.717) is 18.8 Å². The molecule has 114 valence electrons. The van der Waals surface area contributed by atoms with Crippen LogP contribution in [0.15, 0.2) is 22.8 Å². The van der Waals surface area contributed by atoms with E-state index in [0.717, 1.165) is 22.2 Å². The van der Waals surface area contributed by atoms with Crippen molar-refractivity contribution in [3.8, 4) is 0 Å². The van der Waals surface area contributed by atoms with Gasteiger partial charge in [0.2, 0.25) is 0 Å². The summed E-state index contributed by atoms with van der Waals surface area (Å²) < 4.78 is 6.23. The fraction of sp³-hybridized carbons (Fsp3) is 0.467. The van der Waals surface area contributed by atoms with Gasteiger partial charge in [0.05, 0.1) is 11.4 Å². The second-order valence-corrected chi connectivity index (χ2v) is 6.91. The summed E-state index contributed by atoms with van der Waals surface area (Å²) in [5, 5.41) is 0. The summed E-state index contributed by atoms with van der Waals surface area (Å²) in [6, 6.07) is 1.84. The van der Waals surface area contributed by atoms with Crippen LogP contribution in [0.5, 0.6) is 0 Å². The van der Waals surface area contributed by atoms with Gasteiger partial charge in [-0.05, 0) is 54.8 Å². The molecular weight excluding hydrogens is 334 g/mol. The molecule has 6 heteroatoms. The van der Waals surface area contributed by atoms with Crippen molar-refractivity contribution in [1.29, 1.82) is 0 Å². The first-order valence-corrected chi connectivity index (χ1v) is 7.64. The lowest BCUT2D eigenvalue weighted by atomic mass is 10.0. The van der Waals surface area contributed by atoms with Crippen LogP contribution in [-0.4, -0.2) is 34.7 Å². The predicted molar refractivity (Wildman–Crippen MR) is 86.8 cm³/mol. The Balaban J connectivity index is 2.07. The molecule has 2 heterocycles. The van der Waals surface area contributed by atoms with Crippen LogP contribution < -0.4 is 5.73 Å². The number of anilines is 1. The van der Waals surface area contributed by atoms with Crippen molar-refractivity contribution < 1.29 is 9.53 Å². The van der Waals surface area contributed by atoms with Crippen molar-refractivity contribution in [2.24, 2.45) is 0 Å². The highest BCUT2D eigenvalue weighted by Crippen LogP contribution is 2.27. The molecule has 1 aromatic heterocycles. The highest BCUT2D eigenvalue weighted by Gasteiger charge is 2.24. The number of nitrogen functional groups attached to an aromatic ring is 1. The molecule has 1 aromatic rings. The molecule has 0 saturated heterocycles. The molecule has 2 N–H and O–H groups in total. The number of rotatable bonds is 1. The molecule has 0 bridgehead atoms. The molecular formula is C15H20BrN3O2. The molecule has 0 fully saturated rings. The van der Waals surface area contributed by atoms with Gasteiger partial charge in [-0.3, -0.25) is 4.98 Å². The number of carbonyl (C=O) groups is 1. The lowest BCUT2D eigenvalue weighted by Gasteiger charge is -2.29. The molecule has 1 aliphatic rings. The maximum atomic E-state index is 12.0. The van der Waals surface area contributed by atoms with E-state index in [4.69, 9.17) is 10.5 Å². The second kappa shape index (κ2) is 6.05. The van der Waals surface area contributed by atoms with Crippen molar-refractivity contribution >= 4 is 33.3 Å². The maximum Gasteiger partial charge on any atom is 0.410 e. The third-order valence-corrected chi connectivity index (χ3v) is 3.48. The SMILES string of the molecule is CC(C)(C)OC(=O)N1CC=C(c2ncc(Br)cc2N)CC1. The third kappa shape index (κ3) is 4.20. The number of ether oxygens (including phenoxy) is 1. The number of pyridine rings is 1. The smallest absolute Gasteiger partial charge is 0.410 e. The van der Waals surface area contributed by atoms with E-state index in [1.54, 1.807) is 11.1 Å². The van der Waals surface area contributed by atoms with Gasteiger partial charge in [0, 0.05) is 23.8 Å². The van der Waals surface area contributed by atoms with Gasteiger partial charge in [-0.15, -0.1) is 0 Å². The molecule has 0 aliphatic carbocycles. The van der Waals surface area contributed by atoms with Crippen LogP contribution in [0.25, 0.3) is 5.57 Å². The van der Waals surface area contributed by atoms with Gasteiger partial charge in [0.15, 0.2) is 0 Å². The molecule has 0 unspecified atom stereocenters. The topological polar surface area (TPSA) is 68.5 Å². The Bertz CT molecular complexity index is 579.